The van der Waals surface area contributed by atoms with Crippen LogP contribution in [0.4, 0.5) is 0 Å². The Bertz CT molecular complexity index is 482. The highest BCUT2D eigenvalue weighted by atomic mass is 16.2. The number of H-pyrrole nitrogens is 1. The summed E-state index contributed by atoms with van der Waals surface area (Å²) in [7, 11) is 0. The van der Waals surface area contributed by atoms with Crippen LogP contribution in [0.15, 0.2) is 0 Å². The van der Waals surface area contributed by atoms with Gasteiger partial charge in [0, 0.05) is 31.1 Å². The van der Waals surface area contributed by atoms with Crippen LogP contribution in [-0.2, 0) is 0 Å². The van der Waals surface area contributed by atoms with Gasteiger partial charge < -0.3 is 10.2 Å². The van der Waals surface area contributed by atoms with Gasteiger partial charge in [0.1, 0.15) is 5.82 Å². The summed E-state index contributed by atoms with van der Waals surface area (Å²) in [6, 6.07) is 0.622. The molecule has 0 radical (unpaired) electrons. The van der Waals surface area contributed by atoms with Crippen molar-refractivity contribution in [3.05, 3.63) is 11.6 Å². The lowest BCUT2D eigenvalue weighted by Crippen LogP contribution is -2.58. The molecular weight excluding hydrogens is 254 g/mol. The fourth-order valence-electron chi connectivity index (χ4n) is 2.79. The van der Waals surface area contributed by atoms with Gasteiger partial charge in [0.15, 0.2) is 0 Å². The van der Waals surface area contributed by atoms with E-state index in [0.29, 0.717) is 17.8 Å². The van der Waals surface area contributed by atoms with Gasteiger partial charge in [-0.25, -0.2) is 4.98 Å². The highest BCUT2D eigenvalue weighted by molar-refractivity contribution is 5.90. The number of nitrogens with one attached hydrogen (secondary N) is 2. The summed E-state index contributed by atoms with van der Waals surface area (Å²) in [4.78, 5) is 19.0. The second kappa shape index (κ2) is 5.52. The Hall–Kier alpha value is -1.43. The monoisotopic (exact) mass is 277 g/mol. The lowest BCUT2D eigenvalue weighted by atomic mass is 10.1. The van der Waals surface area contributed by atoms with Crippen LogP contribution < -0.4 is 5.32 Å². The molecule has 0 bridgehead atoms. The number of amides is 1. The Balaban J connectivity index is 1.75. The van der Waals surface area contributed by atoms with Crippen molar-refractivity contribution < 1.29 is 4.79 Å². The maximum absolute atomic E-state index is 12.6. The molecule has 2 atom stereocenters. The molecule has 1 saturated carbocycles. The second-order valence-electron chi connectivity index (χ2n) is 5.85. The van der Waals surface area contributed by atoms with Crippen molar-refractivity contribution in [2.45, 2.75) is 57.5 Å². The smallest absolute Gasteiger partial charge is 0.293 e. The molecule has 2 heterocycles. The zero-order valence-corrected chi connectivity index (χ0v) is 12.2. The molecule has 1 aliphatic carbocycles. The summed E-state index contributed by atoms with van der Waals surface area (Å²) in [5.41, 5.74) is 0. The summed E-state index contributed by atoms with van der Waals surface area (Å²) >= 11 is 0. The van der Waals surface area contributed by atoms with E-state index in [2.05, 4.69) is 34.3 Å². The van der Waals surface area contributed by atoms with Crippen molar-refractivity contribution in [1.29, 1.82) is 0 Å². The average Bonchev–Trinajstić information content (AvgIpc) is 3.23. The van der Waals surface area contributed by atoms with E-state index in [4.69, 9.17) is 0 Å². The predicted molar refractivity (Wildman–Crippen MR) is 75.6 cm³/mol. The average molecular weight is 277 g/mol. The van der Waals surface area contributed by atoms with Crippen molar-refractivity contribution in [1.82, 2.24) is 25.4 Å². The Morgan fingerprint density at radius 3 is 2.80 bits per heavy atom. The quantitative estimate of drug-likeness (QED) is 0.869. The maximum atomic E-state index is 12.6. The van der Waals surface area contributed by atoms with Crippen LogP contribution in [0.25, 0.3) is 0 Å². The number of aromatic nitrogens is 3. The summed E-state index contributed by atoms with van der Waals surface area (Å²) in [6.45, 7) is 5.87. The summed E-state index contributed by atoms with van der Waals surface area (Å²) in [6.07, 6.45) is 4.30. The molecule has 6 heteroatoms. The minimum absolute atomic E-state index is 0.0278. The molecule has 2 unspecified atom stereocenters. The molecule has 0 spiro atoms. The Kier molecular flexibility index (Phi) is 3.74. The van der Waals surface area contributed by atoms with Crippen molar-refractivity contribution in [3.8, 4) is 0 Å². The van der Waals surface area contributed by atoms with E-state index in [-0.39, 0.29) is 11.9 Å². The standard InChI is InChI=1S/C14H23N5O/c1-3-10-8-19(11(4-2)7-15-10)14(20)13-16-12(17-18-13)9-5-6-9/h9-11,15H,3-8H2,1-2H3,(H,16,17,18). The van der Waals surface area contributed by atoms with Crippen molar-refractivity contribution in [2.75, 3.05) is 13.1 Å². The van der Waals surface area contributed by atoms with Gasteiger partial charge in [-0.1, -0.05) is 13.8 Å². The van der Waals surface area contributed by atoms with E-state index in [9.17, 15) is 4.79 Å². The first-order valence-corrected chi connectivity index (χ1v) is 7.69. The van der Waals surface area contributed by atoms with E-state index in [1.807, 2.05) is 4.90 Å². The van der Waals surface area contributed by atoms with Crippen LogP contribution in [0.2, 0.25) is 0 Å². The van der Waals surface area contributed by atoms with Gasteiger partial charge in [0.2, 0.25) is 5.82 Å². The molecule has 0 aromatic carbocycles. The first-order valence-electron chi connectivity index (χ1n) is 7.69. The Labute approximate surface area is 119 Å². The highest BCUT2D eigenvalue weighted by Gasteiger charge is 2.33. The molecule has 20 heavy (non-hydrogen) atoms. The molecule has 3 rings (SSSR count). The third-order valence-electron chi connectivity index (χ3n) is 4.38. The van der Waals surface area contributed by atoms with Crippen LogP contribution in [0.3, 0.4) is 0 Å². The molecule has 2 aliphatic rings. The Morgan fingerprint density at radius 1 is 1.35 bits per heavy atom. The van der Waals surface area contributed by atoms with E-state index in [0.717, 1.165) is 44.6 Å². The molecule has 1 amide bonds. The molecule has 1 aromatic rings. The van der Waals surface area contributed by atoms with Gasteiger partial charge in [-0.05, 0) is 25.7 Å². The van der Waals surface area contributed by atoms with Gasteiger partial charge in [-0.3, -0.25) is 9.89 Å². The third-order valence-corrected chi connectivity index (χ3v) is 4.38. The number of hydrogen-bond donors (Lipinski definition) is 2. The zero-order chi connectivity index (χ0) is 14.1. The lowest BCUT2D eigenvalue weighted by molar-refractivity contribution is 0.0564. The molecule has 2 N–H and O–H groups in total. The topological polar surface area (TPSA) is 73.9 Å². The molecule has 1 aliphatic heterocycles. The molecule has 1 saturated heterocycles. The van der Waals surface area contributed by atoms with E-state index >= 15 is 0 Å². The first kappa shape index (κ1) is 13.5. The van der Waals surface area contributed by atoms with E-state index < -0.39 is 0 Å². The lowest BCUT2D eigenvalue weighted by Gasteiger charge is -2.39. The van der Waals surface area contributed by atoms with Crippen molar-refractivity contribution in [2.24, 2.45) is 0 Å². The third kappa shape index (κ3) is 2.57. The van der Waals surface area contributed by atoms with Crippen LogP contribution >= 0.6 is 0 Å². The number of carbonyl (C=O) groups is 1. The SMILES string of the molecule is CCC1CN(C(=O)c2n[nH]c(C3CC3)n2)C(CC)CN1. The van der Waals surface area contributed by atoms with E-state index in [1.165, 1.54) is 0 Å². The van der Waals surface area contributed by atoms with Gasteiger partial charge in [-0.2, -0.15) is 0 Å². The maximum Gasteiger partial charge on any atom is 0.293 e. The van der Waals surface area contributed by atoms with E-state index in [1.54, 1.807) is 0 Å². The number of aromatic amines is 1. The summed E-state index contributed by atoms with van der Waals surface area (Å²) in [5.74, 6) is 1.68. The van der Waals surface area contributed by atoms with Gasteiger partial charge in [-0.15, -0.1) is 5.10 Å². The molecule has 1 aromatic heterocycles. The minimum Gasteiger partial charge on any atom is -0.330 e. The Morgan fingerprint density at radius 2 is 2.15 bits per heavy atom. The molecular formula is C14H23N5O. The zero-order valence-electron chi connectivity index (χ0n) is 12.2. The molecule has 2 fully saturated rings. The van der Waals surface area contributed by atoms with Crippen LogP contribution in [-0.4, -0.2) is 51.2 Å². The second-order valence-corrected chi connectivity index (χ2v) is 5.85. The van der Waals surface area contributed by atoms with Crippen LogP contribution in [0.5, 0.6) is 0 Å². The van der Waals surface area contributed by atoms with Crippen LogP contribution in [0.1, 0.15) is 61.9 Å². The predicted octanol–water partition coefficient (Wildman–Crippen LogP) is 1.28. The minimum atomic E-state index is -0.0278. The summed E-state index contributed by atoms with van der Waals surface area (Å²) < 4.78 is 0. The fourth-order valence-corrected chi connectivity index (χ4v) is 2.79. The normalized spacial score (nSPS) is 26.8. The number of carbonyl (C=O) groups excluding carboxylic acids is 1. The van der Waals surface area contributed by atoms with Gasteiger partial charge in [0.25, 0.3) is 5.91 Å². The molecule has 110 valence electrons. The number of nitrogens with zero attached hydrogens (tertiary/aromatic N) is 3. The first-order chi connectivity index (χ1) is 9.72. The summed E-state index contributed by atoms with van der Waals surface area (Å²) in [5, 5.41) is 10.5. The van der Waals surface area contributed by atoms with Crippen molar-refractivity contribution >= 4 is 5.91 Å². The van der Waals surface area contributed by atoms with Crippen LogP contribution in [0, 0.1) is 0 Å². The largest absolute Gasteiger partial charge is 0.330 e. The number of rotatable bonds is 4. The fraction of sp³-hybridized carbons (Fsp3) is 0.786. The van der Waals surface area contributed by atoms with Gasteiger partial charge in [0.05, 0.1) is 0 Å². The molecule has 6 nitrogen and oxygen atoms in total. The van der Waals surface area contributed by atoms with Crippen molar-refractivity contribution in [3.63, 3.8) is 0 Å². The number of piperazine rings is 1. The number of hydrogen-bond acceptors (Lipinski definition) is 4. The highest BCUT2D eigenvalue weighted by Crippen LogP contribution is 2.37. The van der Waals surface area contributed by atoms with Gasteiger partial charge >= 0.3 is 0 Å².